The molecule has 0 amide bonds. The number of aromatic nitrogens is 2. The van der Waals surface area contributed by atoms with Gasteiger partial charge in [-0.05, 0) is 32.3 Å². The Morgan fingerprint density at radius 2 is 1.29 bits per heavy atom. The minimum absolute atomic E-state index is 0.118. The van der Waals surface area contributed by atoms with E-state index in [1.165, 1.54) is 13.8 Å². The number of nitrogens with zero attached hydrogens (tertiary/aromatic N) is 4. The van der Waals surface area contributed by atoms with E-state index in [1.807, 2.05) is 31.2 Å². The van der Waals surface area contributed by atoms with E-state index in [-0.39, 0.29) is 53.0 Å². The molecule has 0 aliphatic heterocycles. The third-order valence-corrected chi connectivity index (χ3v) is 4.58. The topological polar surface area (TPSA) is 138 Å². The fraction of sp³-hybridized carbons (Fsp3) is 0.333. The number of hydrogen-bond acceptors (Lipinski definition) is 8. The molecule has 3 aromatic rings. The van der Waals surface area contributed by atoms with Gasteiger partial charge in [0.2, 0.25) is 11.5 Å². The van der Waals surface area contributed by atoms with Crippen molar-refractivity contribution in [2.45, 2.75) is 39.5 Å². The first-order valence-corrected chi connectivity index (χ1v) is 8.53. The lowest BCUT2D eigenvalue weighted by Gasteiger charge is -2.14. The maximum absolute atomic E-state index is 11.4. The summed E-state index contributed by atoms with van der Waals surface area (Å²) < 4.78 is 10.4. The van der Waals surface area contributed by atoms with Gasteiger partial charge in [-0.1, -0.05) is 40.1 Å². The summed E-state index contributed by atoms with van der Waals surface area (Å²) >= 11 is 0. The molecule has 0 bridgehead atoms. The van der Waals surface area contributed by atoms with E-state index >= 15 is 0 Å². The highest BCUT2D eigenvalue weighted by Gasteiger charge is 2.31. The van der Waals surface area contributed by atoms with Crippen LogP contribution in [-0.2, 0) is 12.8 Å². The minimum atomic E-state index is -0.533. The fourth-order valence-electron chi connectivity index (χ4n) is 3.15. The summed E-state index contributed by atoms with van der Waals surface area (Å²) in [6, 6.07) is 7.57. The molecule has 28 heavy (non-hydrogen) atoms. The molecular formula is C18H18N4O6. The molecule has 0 N–H and O–H groups in total. The van der Waals surface area contributed by atoms with Gasteiger partial charge in [0, 0.05) is 12.8 Å². The molecule has 0 unspecified atom stereocenters. The van der Waals surface area contributed by atoms with Crippen molar-refractivity contribution < 1.29 is 18.9 Å². The van der Waals surface area contributed by atoms with E-state index in [4.69, 9.17) is 9.05 Å². The lowest BCUT2D eigenvalue weighted by molar-refractivity contribution is -0.386. The molecule has 10 heteroatoms. The zero-order chi connectivity index (χ0) is 20.4. The van der Waals surface area contributed by atoms with Gasteiger partial charge in [0.05, 0.1) is 9.85 Å². The molecule has 2 heterocycles. The van der Waals surface area contributed by atoms with Crippen LogP contribution in [0.3, 0.4) is 0 Å². The van der Waals surface area contributed by atoms with Crippen molar-refractivity contribution in [3.8, 4) is 0 Å². The van der Waals surface area contributed by atoms with Crippen LogP contribution in [0.15, 0.2) is 33.3 Å². The van der Waals surface area contributed by atoms with Gasteiger partial charge in [0.1, 0.15) is 0 Å². The molecule has 0 radical (unpaired) electrons. The number of benzene rings is 1. The molecule has 0 saturated heterocycles. The zero-order valence-electron chi connectivity index (χ0n) is 15.5. The van der Waals surface area contributed by atoms with Crippen LogP contribution in [0.5, 0.6) is 0 Å². The Bertz CT molecular complexity index is 961. The predicted octanol–water partition coefficient (Wildman–Crippen LogP) is 3.97. The van der Waals surface area contributed by atoms with E-state index in [2.05, 4.69) is 10.3 Å². The van der Waals surface area contributed by atoms with Crippen molar-refractivity contribution in [3.63, 3.8) is 0 Å². The Kier molecular flexibility index (Phi) is 5.21. The molecule has 1 aromatic carbocycles. The van der Waals surface area contributed by atoms with Crippen molar-refractivity contribution in [2.24, 2.45) is 0 Å². The summed E-state index contributed by atoms with van der Waals surface area (Å²) in [6.07, 6.45) is 0.272. The Hall–Kier alpha value is -3.56. The highest BCUT2D eigenvalue weighted by atomic mass is 16.6. The third kappa shape index (κ3) is 3.75. The maximum Gasteiger partial charge on any atom is 0.334 e. The van der Waals surface area contributed by atoms with Crippen LogP contribution in [0.25, 0.3) is 0 Å². The van der Waals surface area contributed by atoms with Gasteiger partial charge in [0.25, 0.3) is 0 Å². The summed E-state index contributed by atoms with van der Waals surface area (Å²) in [7, 11) is 0. The number of hydrogen-bond donors (Lipinski definition) is 0. The maximum atomic E-state index is 11.4. The Balaban J connectivity index is 2.00. The second kappa shape index (κ2) is 7.59. The molecule has 10 nitrogen and oxygen atoms in total. The van der Waals surface area contributed by atoms with Crippen LogP contribution in [-0.4, -0.2) is 20.2 Å². The Labute approximate surface area is 159 Å². The minimum Gasteiger partial charge on any atom is -0.354 e. The van der Waals surface area contributed by atoms with E-state index in [0.717, 1.165) is 11.1 Å². The summed E-state index contributed by atoms with van der Waals surface area (Å²) in [5.41, 5.74) is 1.90. The summed E-state index contributed by atoms with van der Waals surface area (Å²) in [4.78, 5) is 21.7. The van der Waals surface area contributed by atoms with Crippen molar-refractivity contribution in [1.82, 2.24) is 10.3 Å². The van der Waals surface area contributed by atoms with Gasteiger partial charge in [0.15, 0.2) is 11.4 Å². The summed E-state index contributed by atoms with van der Waals surface area (Å²) in [5.74, 6) is -0.128. The largest absolute Gasteiger partial charge is 0.354 e. The van der Waals surface area contributed by atoms with Gasteiger partial charge < -0.3 is 9.05 Å². The van der Waals surface area contributed by atoms with Gasteiger partial charge in [-0.15, -0.1) is 0 Å². The Morgan fingerprint density at radius 1 is 0.857 bits per heavy atom. The second-order valence-corrected chi connectivity index (χ2v) is 6.61. The quantitative estimate of drug-likeness (QED) is 0.439. The van der Waals surface area contributed by atoms with E-state index in [0.29, 0.717) is 0 Å². The van der Waals surface area contributed by atoms with Gasteiger partial charge in [-0.3, -0.25) is 20.2 Å². The van der Waals surface area contributed by atoms with Crippen LogP contribution >= 0.6 is 0 Å². The smallest absolute Gasteiger partial charge is 0.334 e. The number of rotatable bonds is 7. The molecular weight excluding hydrogens is 368 g/mol. The van der Waals surface area contributed by atoms with Crippen LogP contribution in [0.2, 0.25) is 0 Å². The summed E-state index contributed by atoms with van der Waals surface area (Å²) in [5, 5.41) is 30.1. The normalized spacial score (nSPS) is 11.1. The van der Waals surface area contributed by atoms with Crippen molar-refractivity contribution >= 4 is 11.4 Å². The van der Waals surface area contributed by atoms with Crippen molar-refractivity contribution in [2.75, 3.05) is 0 Å². The molecule has 0 saturated carbocycles. The first kappa shape index (κ1) is 19.2. The Morgan fingerprint density at radius 3 is 1.68 bits per heavy atom. The molecule has 146 valence electrons. The lowest BCUT2D eigenvalue weighted by Crippen LogP contribution is -2.09. The van der Waals surface area contributed by atoms with E-state index < -0.39 is 9.85 Å². The molecule has 0 spiro atoms. The van der Waals surface area contributed by atoms with E-state index in [9.17, 15) is 20.2 Å². The summed E-state index contributed by atoms with van der Waals surface area (Å²) in [6.45, 7) is 4.93. The first-order valence-electron chi connectivity index (χ1n) is 8.53. The monoisotopic (exact) mass is 386 g/mol. The highest BCUT2D eigenvalue weighted by Crippen LogP contribution is 2.34. The number of nitro groups is 2. The lowest BCUT2D eigenvalue weighted by atomic mass is 9.89. The molecule has 3 rings (SSSR count). The second-order valence-electron chi connectivity index (χ2n) is 6.61. The number of aryl methyl sites for hydroxylation is 3. The molecule has 0 aliphatic carbocycles. The highest BCUT2D eigenvalue weighted by molar-refractivity contribution is 5.41. The fourth-order valence-corrected chi connectivity index (χ4v) is 3.15. The molecule has 0 fully saturated rings. The standard InChI is InChI=1S/C18H18N4O6/c1-10-4-6-13(7-5-10)14(8-15-17(21(23)24)11(2)19-27-15)9-16-18(22(25)26)12(3)20-28-16/h4-7,14H,8-9H2,1-3H3. The van der Waals surface area contributed by atoms with Crippen molar-refractivity contribution in [1.29, 1.82) is 0 Å². The van der Waals surface area contributed by atoms with Gasteiger partial charge >= 0.3 is 11.4 Å². The van der Waals surface area contributed by atoms with Gasteiger partial charge in [-0.2, -0.15) is 0 Å². The molecule has 2 aromatic heterocycles. The molecule has 0 aliphatic rings. The zero-order valence-corrected chi connectivity index (χ0v) is 15.5. The van der Waals surface area contributed by atoms with Crippen LogP contribution in [0.1, 0.15) is 40.0 Å². The first-order chi connectivity index (χ1) is 13.3. The van der Waals surface area contributed by atoms with Crippen molar-refractivity contribution in [3.05, 3.63) is 78.5 Å². The van der Waals surface area contributed by atoms with Crippen LogP contribution in [0, 0.1) is 41.0 Å². The van der Waals surface area contributed by atoms with Gasteiger partial charge in [-0.25, -0.2) is 0 Å². The average molecular weight is 386 g/mol. The van der Waals surface area contributed by atoms with Crippen LogP contribution in [0.4, 0.5) is 11.4 Å². The predicted molar refractivity (Wildman–Crippen MR) is 97.1 cm³/mol. The van der Waals surface area contributed by atoms with Crippen LogP contribution < -0.4 is 0 Å². The average Bonchev–Trinajstić information content (AvgIpc) is 3.17. The molecule has 0 atom stereocenters. The SMILES string of the molecule is Cc1ccc(C(Cc2onc(C)c2[N+](=O)[O-])Cc2onc(C)c2[N+](=O)[O-])cc1. The van der Waals surface area contributed by atoms with E-state index in [1.54, 1.807) is 0 Å². The third-order valence-electron chi connectivity index (χ3n) is 4.58.